The summed E-state index contributed by atoms with van der Waals surface area (Å²) in [5.74, 6) is 1.50. The first kappa shape index (κ1) is 12.8. The van der Waals surface area contributed by atoms with Crippen molar-refractivity contribution in [1.29, 1.82) is 0 Å². The summed E-state index contributed by atoms with van der Waals surface area (Å²) >= 11 is 0. The van der Waals surface area contributed by atoms with Gasteiger partial charge in [0.1, 0.15) is 0 Å². The Kier molecular flexibility index (Phi) is 4.40. The summed E-state index contributed by atoms with van der Waals surface area (Å²) in [4.78, 5) is 14.3. The van der Waals surface area contributed by atoms with Gasteiger partial charge in [-0.1, -0.05) is 6.92 Å². The minimum atomic E-state index is 0.171. The van der Waals surface area contributed by atoms with Gasteiger partial charge in [0.15, 0.2) is 0 Å². The number of aliphatic hydroxyl groups excluding tert-OH is 1. The average molecular weight is 240 g/mol. The Labute approximate surface area is 103 Å². The number of carbonyl (C=O) groups is 1. The molecule has 0 saturated carbocycles. The molecule has 2 rings (SSSR count). The Bertz CT molecular complexity index is 262. The molecule has 0 aromatic heterocycles. The van der Waals surface area contributed by atoms with E-state index in [1.165, 1.54) is 0 Å². The molecule has 2 fully saturated rings. The Hall–Kier alpha value is -0.610. The third-order valence-electron chi connectivity index (χ3n) is 4.10. The second-order valence-electron chi connectivity index (χ2n) is 5.65. The van der Waals surface area contributed by atoms with Crippen LogP contribution in [0.3, 0.4) is 0 Å². The van der Waals surface area contributed by atoms with Crippen LogP contribution < -0.4 is 5.32 Å². The lowest BCUT2D eigenvalue weighted by atomic mass is 9.89. The molecule has 2 aliphatic rings. The number of piperidine rings is 2. The van der Waals surface area contributed by atoms with E-state index in [0.29, 0.717) is 17.7 Å². The minimum absolute atomic E-state index is 0.171. The molecule has 2 heterocycles. The normalized spacial score (nSPS) is 31.5. The highest BCUT2D eigenvalue weighted by atomic mass is 16.3. The fourth-order valence-electron chi connectivity index (χ4n) is 2.94. The second kappa shape index (κ2) is 5.83. The molecule has 2 N–H and O–H groups in total. The van der Waals surface area contributed by atoms with E-state index in [2.05, 4.69) is 12.2 Å². The summed E-state index contributed by atoms with van der Waals surface area (Å²) in [7, 11) is 0. The van der Waals surface area contributed by atoms with E-state index in [4.69, 9.17) is 5.11 Å². The van der Waals surface area contributed by atoms with Gasteiger partial charge in [-0.3, -0.25) is 4.79 Å². The van der Waals surface area contributed by atoms with Gasteiger partial charge >= 0.3 is 0 Å². The molecule has 0 bridgehead atoms. The number of hydrogen-bond donors (Lipinski definition) is 2. The van der Waals surface area contributed by atoms with Crippen LogP contribution in [0.25, 0.3) is 0 Å². The van der Waals surface area contributed by atoms with E-state index in [1.54, 1.807) is 0 Å². The van der Waals surface area contributed by atoms with Gasteiger partial charge in [0.2, 0.25) is 5.91 Å². The largest absolute Gasteiger partial charge is 0.396 e. The van der Waals surface area contributed by atoms with Gasteiger partial charge in [0.05, 0.1) is 5.92 Å². The molecule has 2 unspecified atom stereocenters. The summed E-state index contributed by atoms with van der Waals surface area (Å²) in [5, 5.41) is 12.4. The van der Waals surface area contributed by atoms with Gasteiger partial charge in [0.25, 0.3) is 0 Å². The fraction of sp³-hybridized carbons (Fsp3) is 0.923. The number of aliphatic hydroxyl groups is 1. The molecule has 2 aliphatic heterocycles. The number of carbonyl (C=O) groups excluding carboxylic acids is 1. The lowest BCUT2D eigenvalue weighted by Gasteiger charge is -2.36. The summed E-state index contributed by atoms with van der Waals surface area (Å²) in [6.45, 7) is 6.00. The van der Waals surface area contributed by atoms with Crippen LogP contribution in [0.15, 0.2) is 0 Å². The van der Waals surface area contributed by atoms with Gasteiger partial charge in [-0.05, 0) is 37.6 Å². The lowest BCUT2D eigenvalue weighted by Crippen LogP contribution is -2.47. The predicted octanol–water partition coefficient (Wildman–Crippen LogP) is 0.463. The molecule has 98 valence electrons. The highest BCUT2D eigenvalue weighted by Crippen LogP contribution is 2.22. The van der Waals surface area contributed by atoms with E-state index in [0.717, 1.165) is 45.4 Å². The maximum absolute atomic E-state index is 12.3. The first-order chi connectivity index (χ1) is 8.20. The molecule has 0 radical (unpaired) electrons. The van der Waals surface area contributed by atoms with Crippen LogP contribution in [0.4, 0.5) is 0 Å². The second-order valence-corrected chi connectivity index (χ2v) is 5.65. The van der Waals surface area contributed by atoms with Crippen LogP contribution in [0.1, 0.15) is 26.2 Å². The first-order valence-electron chi connectivity index (χ1n) is 6.81. The van der Waals surface area contributed by atoms with Crippen LogP contribution in [0.2, 0.25) is 0 Å². The zero-order valence-electron chi connectivity index (χ0n) is 10.7. The summed E-state index contributed by atoms with van der Waals surface area (Å²) in [6, 6.07) is 0. The van der Waals surface area contributed by atoms with E-state index >= 15 is 0 Å². The van der Waals surface area contributed by atoms with Crippen LogP contribution in [-0.4, -0.2) is 48.7 Å². The van der Waals surface area contributed by atoms with Crippen LogP contribution in [-0.2, 0) is 4.79 Å². The molecular weight excluding hydrogens is 216 g/mol. The maximum Gasteiger partial charge on any atom is 0.226 e. The van der Waals surface area contributed by atoms with Gasteiger partial charge < -0.3 is 15.3 Å². The molecule has 4 heteroatoms. The topological polar surface area (TPSA) is 52.6 Å². The average Bonchev–Trinajstić information content (AvgIpc) is 2.38. The Morgan fingerprint density at radius 3 is 2.65 bits per heavy atom. The van der Waals surface area contributed by atoms with Crippen molar-refractivity contribution in [3.8, 4) is 0 Å². The highest BCUT2D eigenvalue weighted by Gasteiger charge is 2.30. The zero-order chi connectivity index (χ0) is 12.3. The van der Waals surface area contributed by atoms with Crippen molar-refractivity contribution in [2.45, 2.75) is 26.2 Å². The summed E-state index contributed by atoms with van der Waals surface area (Å²) in [5.41, 5.74) is 0. The zero-order valence-corrected chi connectivity index (χ0v) is 10.7. The van der Waals surface area contributed by atoms with Crippen LogP contribution >= 0.6 is 0 Å². The maximum atomic E-state index is 12.3. The van der Waals surface area contributed by atoms with Crippen molar-refractivity contribution in [2.75, 3.05) is 32.8 Å². The predicted molar refractivity (Wildman–Crippen MR) is 66.5 cm³/mol. The molecule has 0 aliphatic carbocycles. The van der Waals surface area contributed by atoms with Crippen molar-refractivity contribution in [2.24, 2.45) is 17.8 Å². The third-order valence-corrected chi connectivity index (χ3v) is 4.10. The minimum Gasteiger partial charge on any atom is -0.396 e. The molecule has 0 aromatic carbocycles. The Balaban J connectivity index is 1.83. The monoisotopic (exact) mass is 240 g/mol. The standard InChI is InChI=1S/C13H24N2O2/c1-10-6-12(8-14-7-10)13(17)15-4-2-11(9-16)3-5-15/h10-12,14,16H,2-9H2,1H3. The number of hydrogen-bond acceptors (Lipinski definition) is 3. The highest BCUT2D eigenvalue weighted by molar-refractivity contribution is 5.79. The van der Waals surface area contributed by atoms with Crippen molar-refractivity contribution in [3.63, 3.8) is 0 Å². The fourth-order valence-corrected chi connectivity index (χ4v) is 2.94. The van der Waals surface area contributed by atoms with Crippen molar-refractivity contribution in [1.82, 2.24) is 10.2 Å². The Morgan fingerprint density at radius 2 is 2.06 bits per heavy atom. The van der Waals surface area contributed by atoms with Crippen molar-refractivity contribution < 1.29 is 9.90 Å². The smallest absolute Gasteiger partial charge is 0.226 e. The van der Waals surface area contributed by atoms with E-state index in [-0.39, 0.29) is 12.5 Å². The molecule has 2 atom stereocenters. The summed E-state index contributed by atoms with van der Waals surface area (Å²) < 4.78 is 0. The van der Waals surface area contributed by atoms with Gasteiger partial charge in [0, 0.05) is 26.2 Å². The molecule has 1 amide bonds. The lowest BCUT2D eigenvalue weighted by molar-refractivity contribution is -0.138. The summed E-state index contributed by atoms with van der Waals surface area (Å²) in [6.07, 6.45) is 2.93. The molecule has 4 nitrogen and oxygen atoms in total. The Morgan fingerprint density at radius 1 is 1.35 bits per heavy atom. The molecule has 0 spiro atoms. The molecule has 17 heavy (non-hydrogen) atoms. The first-order valence-corrected chi connectivity index (χ1v) is 6.81. The van der Waals surface area contributed by atoms with E-state index < -0.39 is 0 Å². The van der Waals surface area contributed by atoms with Gasteiger partial charge in [-0.15, -0.1) is 0 Å². The SMILES string of the molecule is CC1CNCC(C(=O)N2CCC(CO)CC2)C1. The number of nitrogens with one attached hydrogen (secondary N) is 1. The number of amides is 1. The number of nitrogens with zero attached hydrogens (tertiary/aromatic N) is 1. The molecule has 0 aromatic rings. The van der Waals surface area contributed by atoms with E-state index in [9.17, 15) is 4.79 Å². The van der Waals surface area contributed by atoms with E-state index in [1.807, 2.05) is 4.90 Å². The quantitative estimate of drug-likeness (QED) is 0.737. The molecular formula is C13H24N2O2. The third kappa shape index (κ3) is 3.19. The van der Waals surface area contributed by atoms with Gasteiger partial charge in [-0.2, -0.15) is 0 Å². The van der Waals surface area contributed by atoms with Gasteiger partial charge in [-0.25, -0.2) is 0 Å². The number of likely N-dealkylation sites (tertiary alicyclic amines) is 1. The molecule has 2 saturated heterocycles. The van der Waals surface area contributed by atoms with Crippen LogP contribution in [0.5, 0.6) is 0 Å². The van der Waals surface area contributed by atoms with Crippen molar-refractivity contribution >= 4 is 5.91 Å². The number of rotatable bonds is 2. The van der Waals surface area contributed by atoms with Crippen LogP contribution in [0, 0.1) is 17.8 Å². The van der Waals surface area contributed by atoms with Crippen molar-refractivity contribution in [3.05, 3.63) is 0 Å².